The topological polar surface area (TPSA) is 113 Å². The Morgan fingerprint density at radius 3 is 2.74 bits per heavy atom. The first-order chi connectivity index (χ1) is 14.9. The Morgan fingerprint density at radius 1 is 1.29 bits per heavy atom. The number of aliphatic hydroxyl groups is 1. The molecular formula is C21H24Cl2N6O2. The number of halogens is 2. The van der Waals surface area contributed by atoms with Crippen LogP contribution >= 0.6 is 23.2 Å². The maximum atomic E-state index is 10.0. The van der Waals surface area contributed by atoms with Gasteiger partial charge in [-0.05, 0) is 25.8 Å². The number of nitrogens with two attached hydrogens (primary N) is 1. The van der Waals surface area contributed by atoms with E-state index in [1.54, 1.807) is 12.1 Å². The van der Waals surface area contributed by atoms with Crippen molar-refractivity contribution in [1.82, 2.24) is 20.2 Å². The van der Waals surface area contributed by atoms with E-state index < -0.39 is 0 Å². The number of ether oxygens (including phenoxy) is 1. The molecule has 2 aromatic heterocycles. The summed E-state index contributed by atoms with van der Waals surface area (Å²) in [4.78, 5) is 11.6. The number of nitrogens with one attached hydrogen (secondary N) is 1. The van der Waals surface area contributed by atoms with E-state index in [0.29, 0.717) is 50.6 Å². The summed E-state index contributed by atoms with van der Waals surface area (Å²) >= 11 is 12.5. The number of benzene rings is 1. The minimum absolute atomic E-state index is 0.0112. The molecule has 2 aliphatic rings. The van der Waals surface area contributed by atoms with Crippen molar-refractivity contribution in [3.8, 4) is 11.3 Å². The quantitative estimate of drug-likeness (QED) is 0.547. The summed E-state index contributed by atoms with van der Waals surface area (Å²) in [6, 6.07) is 5.39. The van der Waals surface area contributed by atoms with E-state index in [4.69, 9.17) is 43.6 Å². The number of rotatable bonds is 3. The maximum Gasteiger partial charge on any atom is 0.177 e. The highest BCUT2D eigenvalue weighted by molar-refractivity contribution is 6.43. The Bertz CT molecular complexity index is 1130. The second-order valence-corrected chi connectivity index (χ2v) is 9.20. The lowest BCUT2D eigenvalue weighted by atomic mass is 9.73. The van der Waals surface area contributed by atoms with Gasteiger partial charge in [0.05, 0.1) is 29.4 Å². The predicted octanol–water partition coefficient (Wildman–Crippen LogP) is 3.15. The normalized spacial score (nSPS) is 23.2. The monoisotopic (exact) mass is 462 g/mol. The van der Waals surface area contributed by atoms with Crippen LogP contribution in [0.1, 0.15) is 25.5 Å². The number of hydrogen-bond donors (Lipinski definition) is 3. The molecular weight excluding hydrogens is 439 g/mol. The maximum absolute atomic E-state index is 10.0. The lowest BCUT2D eigenvalue weighted by molar-refractivity contribution is 0.0973. The van der Waals surface area contributed by atoms with E-state index in [1.807, 2.05) is 13.0 Å². The predicted molar refractivity (Wildman–Crippen MR) is 120 cm³/mol. The third-order valence-electron chi connectivity index (χ3n) is 6.71. The molecule has 4 heterocycles. The molecule has 0 aliphatic carbocycles. The van der Waals surface area contributed by atoms with Crippen LogP contribution in [0.15, 0.2) is 18.2 Å². The van der Waals surface area contributed by atoms with Gasteiger partial charge in [-0.15, -0.1) is 0 Å². The second kappa shape index (κ2) is 7.86. The average Bonchev–Trinajstić information content (AvgIpc) is 3.32. The van der Waals surface area contributed by atoms with Crippen LogP contribution in [-0.2, 0) is 11.3 Å². The summed E-state index contributed by atoms with van der Waals surface area (Å²) in [6.45, 7) is 4.06. The number of nitrogens with zero attached hydrogens (tertiary/aromatic N) is 4. The van der Waals surface area contributed by atoms with Crippen molar-refractivity contribution in [3.63, 3.8) is 0 Å². The lowest BCUT2D eigenvalue weighted by Crippen LogP contribution is -2.51. The van der Waals surface area contributed by atoms with Crippen molar-refractivity contribution in [1.29, 1.82) is 0 Å². The largest absolute Gasteiger partial charge is 0.390 e. The van der Waals surface area contributed by atoms with Gasteiger partial charge in [0, 0.05) is 30.1 Å². The van der Waals surface area contributed by atoms with Crippen LogP contribution in [0.3, 0.4) is 0 Å². The fourth-order valence-electron chi connectivity index (χ4n) is 4.74. The Hall–Kier alpha value is -1.97. The highest BCUT2D eigenvalue weighted by atomic mass is 35.5. The molecule has 0 radical (unpaired) electrons. The molecule has 2 saturated heterocycles. The Balaban J connectivity index is 1.48. The van der Waals surface area contributed by atoms with Crippen molar-refractivity contribution in [2.45, 2.75) is 38.5 Å². The summed E-state index contributed by atoms with van der Waals surface area (Å²) in [5.74, 6) is 0.665. The molecule has 164 valence electrons. The van der Waals surface area contributed by atoms with Crippen molar-refractivity contribution < 1.29 is 9.84 Å². The Kier molecular flexibility index (Phi) is 5.30. The molecule has 2 fully saturated rings. The van der Waals surface area contributed by atoms with Gasteiger partial charge < -0.3 is 20.5 Å². The van der Waals surface area contributed by atoms with Crippen molar-refractivity contribution in [2.75, 3.05) is 24.6 Å². The van der Waals surface area contributed by atoms with Gasteiger partial charge in [-0.3, -0.25) is 5.10 Å². The number of aromatic nitrogens is 4. The van der Waals surface area contributed by atoms with Crippen LogP contribution in [0.5, 0.6) is 0 Å². The SMILES string of the molecule is C[C@@H]1OCC2(CCN(c3nc4[nH]nc(-c5cccc(Cl)c5Cl)c4nc3CO)CC2)[C@@H]1N. The lowest BCUT2D eigenvalue weighted by Gasteiger charge is -2.41. The molecule has 3 aromatic rings. The third-order valence-corrected chi connectivity index (χ3v) is 7.53. The second-order valence-electron chi connectivity index (χ2n) is 8.41. The molecule has 0 saturated carbocycles. The van der Waals surface area contributed by atoms with Gasteiger partial charge in [0.25, 0.3) is 0 Å². The molecule has 0 unspecified atom stereocenters. The van der Waals surface area contributed by atoms with Gasteiger partial charge in [-0.25, -0.2) is 9.97 Å². The highest BCUT2D eigenvalue weighted by Gasteiger charge is 2.47. The van der Waals surface area contributed by atoms with Crippen LogP contribution in [0.4, 0.5) is 5.82 Å². The zero-order chi connectivity index (χ0) is 21.8. The highest BCUT2D eigenvalue weighted by Crippen LogP contribution is 2.42. The van der Waals surface area contributed by atoms with Crippen molar-refractivity contribution in [2.24, 2.45) is 11.1 Å². The fraction of sp³-hybridized carbons (Fsp3) is 0.476. The van der Waals surface area contributed by atoms with Gasteiger partial charge in [0.1, 0.15) is 16.9 Å². The minimum Gasteiger partial charge on any atom is -0.390 e. The summed E-state index contributed by atoms with van der Waals surface area (Å²) < 4.78 is 5.82. The number of fused-ring (bicyclic) bond motifs is 1. The molecule has 2 aliphatic heterocycles. The van der Waals surface area contributed by atoms with Crippen LogP contribution in [0.2, 0.25) is 10.0 Å². The molecule has 1 spiro atoms. The van der Waals surface area contributed by atoms with Gasteiger partial charge >= 0.3 is 0 Å². The zero-order valence-corrected chi connectivity index (χ0v) is 18.6. The summed E-state index contributed by atoms with van der Waals surface area (Å²) in [7, 11) is 0. The van der Waals surface area contributed by atoms with Crippen molar-refractivity contribution >= 4 is 40.2 Å². The van der Waals surface area contributed by atoms with Crippen LogP contribution in [-0.4, -0.2) is 57.1 Å². The molecule has 2 atom stereocenters. The number of aliphatic hydroxyl groups excluding tert-OH is 1. The Morgan fingerprint density at radius 2 is 2.06 bits per heavy atom. The molecule has 0 amide bonds. The first-order valence-corrected chi connectivity index (χ1v) is 11.1. The molecule has 1 aromatic carbocycles. The Labute approximate surface area is 189 Å². The summed E-state index contributed by atoms with van der Waals surface area (Å²) in [6.07, 6.45) is 1.91. The van der Waals surface area contributed by atoms with Gasteiger partial charge in [0.15, 0.2) is 11.5 Å². The van der Waals surface area contributed by atoms with Gasteiger partial charge in [-0.2, -0.15) is 5.10 Å². The zero-order valence-electron chi connectivity index (χ0n) is 17.1. The first-order valence-electron chi connectivity index (χ1n) is 10.4. The van der Waals surface area contributed by atoms with Crippen LogP contribution in [0.25, 0.3) is 22.4 Å². The number of piperidine rings is 1. The van der Waals surface area contributed by atoms with Crippen LogP contribution < -0.4 is 10.6 Å². The van der Waals surface area contributed by atoms with E-state index in [0.717, 1.165) is 25.9 Å². The minimum atomic E-state index is -0.229. The molecule has 5 rings (SSSR count). The van der Waals surface area contributed by atoms with E-state index in [9.17, 15) is 5.11 Å². The van der Waals surface area contributed by atoms with Gasteiger partial charge in [0.2, 0.25) is 0 Å². The molecule has 0 bridgehead atoms. The average molecular weight is 463 g/mol. The summed E-state index contributed by atoms with van der Waals surface area (Å²) in [5, 5.41) is 18.2. The number of anilines is 1. The molecule has 4 N–H and O–H groups in total. The van der Waals surface area contributed by atoms with Gasteiger partial charge in [-0.1, -0.05) is 35.3 Å². The van der Waals surface area contributed by atoms with E-state index in [-0.39, 0.29) is 24.2 Å². The smallest absolute Gasteiger partial charge is 0.177 e. The third kappa shape index (κ3) is 3.37. The molecule has 8 nitrogen and oxygen atoms in total. The molecule has 10 heteroatoms. The number of H-pyrrole nitrogens is 1. The first kappa shape index (κ1) is 20.9. The summed E-state index contributed by atoms with van der Waals surface area (Å²) in [5.41, 5.74) is 9.25. The van der Waals surface area contributed by atoms with E-state index in [2.05, 4.69) is 15.1 Å². The van der Waals surface area contributed by atoms with E-state index >= 15 is 0 Å². The van der Waals surface area contributed by atoms with E-state index in [1.165, 1.54) is 0 Å². The van der Waals surface area contributed by atoms with Crippen molar-refractivity contribution in [3.05, 3.63) is 33.9 Å². The fourth-order valence-corrected chi connectivity index (χ4v) is 5.13. The standard InChI is InChI=1S/C21H24Cl2N6O2/c1-11-18(24)21(10-31-11)5-7-29(8-6-21)20-14(9-30)25-17-16(27-28-19(17)26-20)12-3-2-4-13(22)15(12)23/h2-4,11,18,30H,5-10,24H2,1H3,(H,26,27,28)/t11-,18+/m0/s1. The number of hydrogen-bond acceptors (Lipinski definition) is 7. The van der Waals surface area contributed by atoms with Crippen LogP contribution in [0, 0.1) is 5.41 Å². The molecule has 31 heavy (non-hydrogen) atoms. The number of aromatic amines is 1.